The molecule has 0 unspecified atom stereocenters. The predicted octanol–water partition coefficient (Wildman–Crippen LogP) is 1.28. The highest BCUT2D eigenvalue weighted by Crippen LogP contribution is 2.41. The van der Waals surface area contributed by atoms with Gasteiger partial charge < -0.3 is 20.4 Å². The first-order valence-electron chi connectivity index (χ1n) is 6.07. The molecule has 7 nitrogen and oxygen atoms in total. The van der Waals surface area contributed by atoms with Gasteiger partial charge in [0.25, 0.3) is 0 Å². The normalized spacial score (nSPS) is 12.7. The molecule has 0 fully saturated rings. The topological polar surface area (TPSA) is 132 Å². The molecule has 0 saturated carbocycles. The number of aromatic hydroxyl groups is 3. The van der Waals surface area contributed by atoms with Crippen molar-refractivity contribution < 1.29 is 34.8 Å². The van der Waals surface area contributed by atoms with Gasteiger partial charge in [0.1, 0.15) is 11.3 Å². The third kappa shape index (κ3) is 1.65. The molecule has 22 heavy (non-hydrogen) atoms. The number of phenols is 3. The van der Waals surface area contributed by atoms with Gasteiger partial charge in [-0.1, -0.05) is 0 Å². The molecular weight excluding hydrogens is 292 g/mol. The number of carboxylic acid groups (broad SMARTS) is 1. The van der Waals surface area contributed by atoms with Gasteiger partial charge in [0, 0.05) is 16.7 Å². The Balaban J connectivity index is 2.37. The molecule has 0 amide bonds. The zero-order valence-corrected chi connectivity index (χ0v) is 10.8. The van der Waals surface area contributed by atoms with Crippen molar-refractivity contribution in [3.05, 3.63) is 52.1 Å². The minimum atomic E-state index is -1.56. The Bertz CT molecular complexity index is 880. The van der Waals surface area contributed by atoms with Crippen LogP contribution >= 0.6 is 0 Å². The molecule has 7 heteroatoms. The highest BCUT2D eigenvalue weighted by atomic mass is 16.4. The van der Waals surface area contributed by atoms with Crippen LogP contribution in [0, 0.1) is 0 Å². The summed E-state index contributed by atoms with van der Waals surface area (Å²) in [6.07, 6.45) is 0. The number of benzene rings is 2. The molecule has 1 aliphatic carbocycles. The van der Waals surface area contributed by atoms with Crippen molar-refractivity contribution in [3.63, 3.8) is 0 Å². The number of carbonyl (C=O) groups is 3. The molecule has 0 heterocycles. The number of carbonyl (C=O) groups excluding carboxylic acids is 2. The standard InChI is InChI=1S/C15H8O7/c16-5-1-2-6-7(3-5)11(17)8-4-9(15(21)22)13(19)14(20)10(8)12(6)18/h1-4,16,19-20H,(H,21,22). The first kappa shape index (κ1) is 13.6. The van der Waals surface area contributed by atoms with Crippen molar-refractivity contribution in [1.29, 1.82) is 0 Å². The van der Waals surface area contributed by atoms with Crippen LogP contribution in [-0.2, 0) is 0 Å². The summed E-state index contributed by atoms with van der Waals surface area (Å²) in [5, 5.41) is 38.0. The largest absolute Gasteiger partial charge is 0.508 e. The van der Waals surface area contributed by atoms with E-state index in [1.54, 1.807) is 0 Å². The van der Waals surface area contributed by atoms with E-state index < -0.39 is 40.2 Å². The van der Waals surface area contributed by atoms with Gasteiger partial charge in [-0.2, -0.15) is 0 Å². The van der Waals surface area contributed by atoms with E-state index >= 15 is 0 Å². The highest BCUT2D eigenvalue weighted by Gasteiger charge is 2.35. The van der Waals surface area contributed by atoms with Crippen LogP contribution in [0.25, 0.3) is 0 Å². The summed E-state index contributed by atoms with van der Waals surface area (Å²) in [4.78, 5) is 35.8. The fraction of sp³-hybridized carbons (Fsp3) is 0. The second-order valence-electron chi connectivity index (χ2n) is 4.74. The minimum absolute atomic E-state index is 0.0481. The lowest BCUT2D eigenvalue weighted by Crippen LogP contribution is -2.21. The van der Waals surface area contributed by atoms with Crippen molar-refractivity contribution in [2.45, 2.75) is 0 Å². The molecule has 2 aromatic carbocycles. The summed E-state index contributed by atoms with van der Waals surface area (Å²) in [5.41, 5.74) is -1.63. The van der Waals surface area contributed by atoms with Crippen LogP contribution in [0.5, 0.6) is 17.2 Å². The number of hydrogen-bond acceptors (Lipinski definition) is 6. The lowest BCUT2D eigenvalue weighted by molar-refractivity contribution is 0.0692. The minimum Gasteiger partial charge on any atom is -0.508 e. The Morgan fingerprint density at radius 2 is 1.50 bits per heavy atom. The third-order valence-electron chi connectivity index (χ3n) is 3.47. The molecule has 0 bridgehead atoms. The van der Waals surface area contributed by atoms with E-state index in [1.165, 1.54) is 12.1 Å². The molecule has 3 rings (SSSR count). The maximum atomic E-state index is 12.4. The Morgan fingerprint density at radius 3 is 2.14 bits per heavy atom. The fourth-order valence-electron chi connectivity index (χ4n) is 2.43. The Labute approximate surface area is 122 Å². The average Bonchev–Trinajstić information content (AvgIpc) is 2.47. The second-order valence-corrected chi connectivity index (χ2v) is 4.74. The van der Waals surface area contributed by atoms with Gasteiger partial charge in [-0.15, -0.1) is 0 Å². The summed E-state index contributed by atoms with van der Waals surface area (Å²) >= 11 is 0. The molecule has 0 radical (unpaired) electrons. The summed E-state index contributed by atoms with van der Waals surface area (Å²) in [5.74, 6) is -5.18. The van der Waals surface area contributed by atoms with Crippen molar-refractivity contribution >= 4 is 17.5 Å². The zero-order chi connectivity index (χ0) is 16.2. The van der Waals surface area contributed by atoms with E-state index in [0.29, 0.717) is 0 Å². The Hall–Kier alpha value is -3.35. The molecule has 1 aliphatic rings. The van der Waals surface area contributed by atoms with Gasteiger partial charge in [0.05, 0.1) is 5.56 Å². The van der Waals surface area contributed by atoms with Crippen LogP contribution in [0.4, 0.5) is 0 Å². The number of ketones is 2. The first-order chi connectivity index (χ1) is 10.3. The lowest BCUT2D eigenvalue weighted by atomic mass is 9.82. The van der Waals surface area contributed by atoms with Gasteiger partial charge in [0.2, 0.25) is 0 Å². The molecule has 0 atom stereocenters. The van der Waals surface area contributed by atoms with Crippen molar-refractivity contribution in [2.24, 2.45) is 0 Å². The number of aromatic carboxylic acids is 1. The zero-order valence-electron chi connectivity index (χ0n) is 10.8. The van der Waals surface area contributed by atoms with Crippen molar-refractivity contribution in [2.75, 3.05) is 0 Å². The summed E-state index contributed by atoms with van der Waals surface area (Å²) in [7, 11) is 0. The van der Waals surface area contributed by atoms with Crippen LogP contribution in [0.1, 0.15) is 42.2 Å². The van der Waals surface area contributed by atoms with Gasteiger partial charge in [-0.05, 0) is 24.3 Å². The van der Waals surface area contributed by atoms with Crippen LogP contribution in [-0.4, -0.2) is 38.0 Å². The maximum absolute atomic E-state index is 12.4. The van der Waals surface area contributed by atoms with Crippen molar-refractivity contribution in [3.8, 4) is 17.2 Å². The van der Waals surface area contributed by atoms with Crippen LogP contribution in [0.15, 0.2) is 24.3 Å². The monoisotopic (exact) mass is 300 g/mol. The maximum Gasteiger partial charge on any atom is 0.339 e. The first-order valence-corrected chi connectivity index (χ1v) is 6.07. The van der Waals surface area contributed by atoms with Gasteiger partial charge >= 0.3 is 5.97 Å². The Kier molecular flexibility index (Phi) is 2.68. The lowest BCUT2D eigenvalue weighted by Gasteiger charge is -2.19. The van der Waals surface area contributed by atoms with Gasteiger partial charge in [0.15, 0.2) is 23.1 Å². The fourth-order valence-corrected chi connectivity index (χ4v) is 2.43. The van der Waals surface area contributed by atoms with Crippen LogP contribution in [0.2, 0.25) is 0 Å². The van der Waals surface area contributed by atoms with Crippen molar-refractivity contribution in [1.82, 2.24) is 0 Å². The summed E-state index contributed by atoms with van der Waals surface area (Å²) < 4.78 is 0. The smallest absolute Gasteiger partial charge is 0.339 e. The third-order valence-corrected chi connectivity index (χ3v) is 3.47. The number of hydrogen-bond donors (Lipinski definition) is 4. The predicted molar refractivity (Wildman–Crippen MR) is 71.7 cm³/mol. The Morgan fingerprint density at radius 1 is 0.818 bits per heavy atom. The summed E-state index contributed by atoms with van der Waals surface area (Å²) in [6.45, 7) is 0. The number of phenolic OH excluding ortho intramolecular Hbond substituents is 2. The van der Waals surface area contributed by atoms with E-state index in [-0.39, 0.29) is 22.4 Å². The average molecular weight is 300 g/mol. The van der Waals surface area contributed by atoms with Crippen LogP contribution in [0.3, 0.4) is 0 Å². The van der Waals surface area contributed by atoms with E-state index in [4.69, 9.17) is 5.11 Å². The number of fused-ring (bicyclic) bond motifs is 2. The van der Waals surface area contributed by atoms with E-state index in [2.05, 4.69) is 0 Å². The highest BCUT2D eigenvalue weighted by molar-refractivity contribution is 6.30. The van der Waals surface area contributed by atoms with Gasteiger partial charge in [-0.3, -0.25) is 9.59 Å². The van der Waals surface area contributed by atoms with E-state index in [0.717, 1.165) is 12.1 Å². The molecule has 0 saturated heterocycles. The second kappa shape index (κ2) is 4.32. The molecular formula is C15H8O7. The van der Waals surface area contributed by atoms with E-state index in [1.807, 2.05) is 0 Å². The summed E-state index contributed by atoms with van der Waals surface area (Å²) in [6, 6.07) is 4.34. The molecule has 110 valence electrons. The number of rotatable bonds is 1. The molecule has 0 aromatic heterocycles. The molecule has 0 aliphatic heterocycles. The molecule has 0 spiro atoms. The van der Waals surface area contributed by atoms with E-state index in [9.17, 15) is 29.7 Å². The SMILES string of the molecule is O=C(O)c1cc2c(c(O)c1O)C(=O)c1ccc(O)cc1C2=O. The van der Waals surface area contributed by atoms with Gasteiger partial charge in [-0.25, -0.2) is 4.79 Å². The van der Waals surface area contributed by atoms with Crippen LogP contribution < -0.4 is 0 Å². The number of carboxylic acids is 1. The quantitative estimate of drug-likeness (QED) is 0.497. The molecule has 4 N–H and O–H groups in total. The molecule has 2 aromatic rings.